The van der Waals surface area contributed by atoms with Gasteiger partial charge >= 0.3 is 5.97 Å². The van der Waals surface area contributed by atoms with Crippen LogP contribution in [0.3, 0.4) is 0 Å². The van der Waals surface area contributed by atoms with Gasteiger partial charge in [0.1, 0.15) is 16.3 Å². The molecule has 4 heterocycles. The number of aromatic nitrogens is 3. The van der Waals surface area contributed by atoms with Gasteiger partial charge in [-0.3, -0.25) is 9.78 Å². The summed E-state index contributed by atoms with van der Waals surface area (Å²) in [5, 5.41) is 4.19. The van der Waals surface area contributed by atoms with Gasteiger partial charge in [-0.1, -0.05) is 40.6 Å². The molecule has 186 valence electrons. The van der Waals surface area contributed by atoms with Crippen LogP contribution in [0, 0.1) is 6.92 Å². The number of H-pyrrole nitrogens is 1. The maximum atomic E-state index is 12.8. The molecule has 1 aliphatic rings. The number of hydrogen-bond acceptors (Lipinski definition) is 8. The minimum atomic E-state index is -0.431. The number of esters is 1. The molecule has 1 fully saturated rings. The summed E-state index contributed by atoms with van der Waals surface area (Å²) in [4.78, 5) is 39.9. The van der Waals surface area contributed by atoms with E-state index in [0.29, 0.717) is 51.6 Å². The van der Waals surface area contributed by atoms with Crippen LogP contribution < -0.4 is 10.2 Å². The highest BCUT2D eigenvalue weighted by molar-refractivity contribution is 7.17. The number of halogens is 2. The molecule has 3 aromatic heterocycles. The molecule has 0 unspecified atom stereocenters. The minimum absolute atomic E-state index is 0.199. The van der Waals surface area contributed by atoms with Crippen LogP contribution in [0.1, 0.15) is 39.2 Å². The van der Waals surface area contributed by atoms with E-state index in [0.717, 1.165) is 0 Å². The van der Waals surface area contributed by atoms with Crippen LogP contribution in [0.25, 0.3) is 11.4 Å². The van der Waals surface area contributed by atoms with Gasteiger partial charge < -0.3 is 24.7 Å². The van der Waals surface area contributed by atoms with Gasteiger partial charge in [0.15, 0.2) is 5.13 Å². The molecule has 0 aromatic carbocycles. The number of aryl methyl sites for hydroxylation is 1. The zero-order valence-electron chi connectivity index (χ0n) is 19.4. The lowest BCUT2D eigenvalue weighted by Crippen LogP contribution is -2.55. The van der Waals surface area contributed by atoms with E-state index < -0.39 is 5.97 Å². The van der Waals surface area contributed by atoms with Gasteiger partial charge in [-0.25, -0.2) is 9.78 Å². The number of rotatable bonds is 7. The summed E-state index contributed by atoms with van der Waals surface area (Å²) in [5.41, 5.74) is 1.94. The summed E-state index contributed by atoms with van der Waals surface area (Å²) >= 11 is 13.6. The number of ether oxygens (including phenoxy) is 2. The highest BCUT2D eigenvalue weighted by Gasteiger charge is 2.34. The molecule has 2 atom stereocenters. The Balaban J connectivity index is 1.53. The minimum Gasteiger partial charge on any atom is -0.462 e. The van der Waals surface area contributed by atoms with Crippen molar-refractivity contribution >= 4 is 51.5 Å². The first-order chi connectivity index (χ1) is 16.8. The molecule has 1 saturated heterocycles. The molecule has 0 aliphatic carbocycles. The second-order valence-corrected chi connectivity index (χ2v) is 9.68. The Bertz CT molecular complexity index is 1220. The fourth-order valence-corrected chi connectivity index (χ4v) is 5.34. The van der Waals surface area contributed by atoms with E-state index >= 15 is 0 Å². The molecule has 4 rings (SSSR count). The van der Waals surface area contributed by atoms with E-state index in [4.69, 9.17) is 37.7 Å². The average Bonchev–Trinajstić information content (AvgIpc) is 3.42. The van der Waals surface area contributed by atoms with Crippen LogP contribution in [0.5, 0.6) is 0 Å². The summed E-state index contributed by atoms with van der Waals surface area (Å²) in [7, 11) is 1.60. The maximum absolute atomic E-state index is 12.8. The van der Waals surface area contributed by atoms with Gasteiger partial charge in [-0.05, 0) is 32.4 Å². The largest absolute Gasteiger partial charge is 0.462 e. The fourth-order valence-electron chi connectivity index (χ4n) is 3.92. The fraction of sp³-hybridized carbons (Fsp3) is 0.391. The van der Waals surface area contributed by atoms with E-state index in [2.05, 4.69) is 15.3 Å². The SMILES string of the molecule is CCOC(=O)c1sc(N2CC[C@@H](NC(=O)c3[nH]c(C)c(Cl)c3Cl)[C@@H](OC)C2)nc1-c1ccccn1. The van der Waals surface area contributed by atoms with Gasteiger partial charge in [0.25, 0.3) is 5.91 Å². The molecule has 3 aromatic rings. The predicted octanol–water partition coefficient (Wildman–Crippen LogP) is 4.35. The van der Waals surface area contributed by atoms with Gasteiger partial charge in [-0.15, -0.1) is 0 Å². The Hall–Kier alpha value is -2.66. The topological polar surface area (TPSA) is 109 Å². The number of thiazole rings is 1. The Kier molecular flexibility index (Phi) is 7.95. The van der Waals surface area contributed by atoms with Crippen molar-refractivity contribution in [3.8, 4) is 11.4 Å². The summed E-state index contributed by atoms with van der Waals surface area (Å²) in [6.07, 6.45) is 1.94. The third kappa shape index (κ3) is 5.30. The average molecular weight is 538 g/mol. The van der Waals surface area contributed by atoms with Crippen molar-refractivity contribution in [2.45, 2.75) is 32.4 Å². The molecule has 1 amide bonds. The third-order valence-corrected chi connectivity index (χ3v) is 7.76. The van der Waals surface area contributed by atoms with Crippen LogP contribution in [-0.4, -0.2) is 65.8 Å². The summed E-state index contributed by atoms with van der Waals surface area (Å²) in [6.45, 7) is 4.84. The molecule has 9 nitrogen and oxygen atoms in total. The zero-order chi connectivity index (χ0) is 25.1. The Labute approximate surface area is 216 Å². The van der Waals surface area contributed by atoms with Gasteiger partial charge in [0.05, 0.1) is 34.5 Å². The highest BCUT2D eigenvalue weighted by Crippen LogP contribution is 2.35. The molecule has 0 bridgehead atoms. The lowest BCUT2D eigenvalue weighted by Gasteiger charge is -2.37. The highest BCUT2D eigenvalue weighted by atomic mass is 35.5. The number of aromatic amines is 1. The van der Waals surface area contributed by atoms with Gasteiger partial charge in [-0.2, -0.15) is 0 Å². The number of piperidine rings is 1. The first-order valence-corrected chi connectivity index (χ1v) is 12.6. The lowest BCUT2D eigenvalue weighted by molar-refractivity contribution is 0.0531. The molecule has 12 heteroatoms. The number of nitrogens with one attached hydrogen (secondary N) is 2. The number of methoxy groups -OCH3 is 1. The van der Waals surface area contributed by atoms with Crippen molar-refractivity contribution < 1.29 is 19.1 Å². The Morgan fingerprint density at radius 1 is 1.31 bits per heavy atom. The van der Waals surface area contributed by atoms with E-state index in [9.17, 15) is 9.59 Å². The van der Waals surface area contributed by atoms with Crippen molar-refractivity contribution in [3.05, 3.63) is 50.7 Å². The molecular weight excluding hydrogens is 513 g/mol. The second-order valence-electron chi connectivity index (χ2n) is 7.95. The second kappa shape index (κ2) is 10.9. The Morgan fingerprint density at radius 2 is 2.11 bits per heavy atom. The third-order valence-electron chi connectivity index (χ3n) is 5.71. The molecule has 2 N–H and O–H groups in total. The smallest absolute Gasteiger partial charge is 0.350 e. The van der Waals surface area contributed by atoms with Crippen molar-refractivity contribution in [1.82, 2.24) is 20.3 Å². The lowest BCUT2D eigenvalue weighted by atomic mass is 10.0. The number of nitrogens with zero attached hydrogens (tertiary/aromatic N) is 3. The van der Waals surface area contributed by atoms with Crippen molar-refractivity contribution in [1.29, 1.82) is 0 Å². The van der Waals surface area contributed by atoms with Crippen LogP contribution in [0.15, 0.2) is 24.4 Å². The maximum Gasteiger partial charge on any atom is 0.350 e. The number of carbonyl (C=O) groups excluding carboxylic acids is 2. The van der Waals surface area contributed by atoms with Crippen molar-refractivity contribution in [2.24, 2.45) is 0 Å². The number of anilines is 1. The normalized spacial score (nSPS) is 17.9. The van der Waals surface area contributed by atoms with Gasteiger partial charge in [0.2, 0.25) is 0 Å². The van der Waals surface area contributed by atoms with Crippen LogP contribution in [0.4, 0.5) is 5.13 Å². The zero-order valence-corrected chi connectivity index (χ0v) is 21.8. The molecule has 35 heavy (non-hydrogen) atoms. The van der Waals surface area contributed by atoms with Crippen molar-refractivity contribution in [3.63, 3.8) is 0 Å². The number of hydrogen-bond donors (Lipinski definition) is 2. The Morgan fingerprint density at radius 3 is 2.74 bits per heavy atom. The summed E-state index contributed by atoms with van der Waals surface area (Å²) in [5.74, 6) is -0.777. The quantitative estimate of drug-likeness (QED) is 0.431. The van der Waals surface area contributed by atoms with Crippen LogP contribution in [0.2, 0.25) is 10.0 Å². The van der Waals surface area contributed by atoms with Gasteiger partial charge in [0, 0.05) is 32.1 Å². The molecule has 0 radical (unpaired) electrons. The molecule has 1 aliphatic heterocycles. The van der Waals surface area contributed by atoms with E-state index in [1.165, 1.54) is 11.3 Å². The first kappa shape index (κ1) is 25.4. The van der Waals surface area contributed by atoms with Crippen LogP contribution in [-0.2, 0) is 9.47 Å². The summed E-state index contributed by atoms with van der Waals surface area (Å²) < 4.78 is 11.0. The molecular formula is C23H25Cl2N5O4S. The van der Waals surface area contributed by atoms with Crippen LogP contribution >= 0.6 is 34.5 Å². The predicted molar refractivity (Wildman–Crippen MR) is 136 cm³/mol. The van der Waals surface area contributed by atoms with Crippen molar-refractivity contribution in [2.75, 3.05) is 31.7 Å². The van der Waals surface area contributed by atoms with E-state index in [1.54, 1.807) is 39.3 Å². The number of carbonyl (C=O) groups is 2. The monoisotopic (exact) mass is 537 g/mol. The first-order valence-electron chi connectivity index (χ1n) is 11.1. The molecule has 0 saturated carbocycles. The molecule has 0 spiro atoms. The number of amides is 1. The van der Waals surface area contributed by atoms with E-state index in [1.807, 2.05) is 11.0 Å². The summed E-state index contributed by atoms with van der Waals surface area (Å²) in [6, 6.07) is 5.21. The number of pyridine rings is 1. The van der Waals surface area contributed by atoms with E-state index in [-0.39, 0.29) is 35.4 Å². The standard InChI is InChI=1S/C23H25Cl2N5O4S/c1-4-34-22(32)20-18(14-7-5-6-9-26-14)29-23(35-20)30-10-8-13(15(11-30)33-3)28-21(31)19-17(25)16(24)12(2)27-19/h5-7,9,13,15,27H,4,8,10-11H2,1-3H3,(H,28,31)/t13-,15+/m1/s1.